The van der Waals surface area contributed by atoms with Gasteiger partial charge in [0, 0.05) is 44.9 Å². The Morgan fingerprint density at radius 2 is 1.29 bits per heavy atom. The lowest BCUT2D eigenvalue weighted by molar-refractivity contribution is -0.141. The highest BCUT2D eigenvalue weighted by atomic mass is 16.4. The van der Waals surface area contributed by atoms with Gasteiger partial charge in [0.05, 0.1) is 11.4 Å². The first kappa shape index (κ1) is 32.6. The molecule has 2 atom stereocenters. The molecule has 222 valence electrons. The van der Waals surface area contributed by atoms with Gasteiger partial charge in [-0.25, -0.2) is 14.4 Å². The summed E-state index contributed by atoms with van der Waals surface area (Å²) in [5.74, 6) is -4.48. The molecular weight excluding hydrogens is 536 g/mol. The molecule has 6 N–H and O–H groups in total. The smallest absolute Gasteiger partial charge is 0.326 e. The highest BCUT2D eigenvalue weighted by molar-refractivity contribution is 5.86. The van der Waals surface area contributed by atoms with Crippen molar-refractivity contribution in [3.63, 3.8) is 0 Å². The minimum atomic E-state index is -1.51. The number of hydrogen-bond donors (Lipinski definition) is 6. The minimum Gasteiger partial charge on any atom is -0.481 e. The van der Waals surface area contributed by atoms with Crippen molar-refractivity contribution in [1.29, 1.82) is 0 Å². The molecule has 2 aromatic heterocycles. The van der Waals surface area contributed by atoms with E-state index in [2.05, 4.69) is 25.5 Å². The largest absolute Gasteiger partial charge is 0.481 e. The predicted octanol–water partition coefficient (Wildman–Crippen LogP) is 1.23. The third-order valence-corrected chi connectivity index (χ3v) is 5.96. The molecule has 0 bridgehead atoms. The van der Waals surface area contributed by atoms with Crippen LogP contribution >= 0.6 is 0 Å². The van der Waals surface area contributed by atoms with E-state index in [0.29, 0.717) is 26.1 Å². The van der Waals surface area contributed by atoms with E-state index in [4.69, 9.17) is 10.2 Å². The molecule has 0 unspecified atom stereocenters. The third kappa shape index (κ3) is 13.9. The topological polar surface area (TPSA) is 211 Å². The van der Waals surface area contributed by atoms with Crippen molar-refractivity contribution in [2.75, 3.05) is 13.1 Å². The van der Waals surface area contributed by atoms with Crippen molar-refractivity contribution < 1.29 is 39.3 Å². The molecule has 2 rings (SSSR count). The number of aliphatic carboxylic acids is 3. The molecule has 3 amide bonds. The SMILES string of the molecule is O=C(O)CC[C@H](NC(=O)N[C@@H](CCC(=O)NCCCCN(Cc1ccccn1)Cc1ccccn1)C(=O)O)C(=O)O. The average Bonchev–Trinajstić information content (AvgIpc) is 2.93. The maximum atomic E-state index is 12.3. The average molecular weight is 573 g/mol. The number of carbonyl (C=O) groups excluding carboxylic acids is 2. The zero-order chi connectivity index (χ0) is 30.0. The molecule has 0 fully saturated rings. The first-order chi connectivity index (χ1) is 19.6. The van der Waals surface area contributed by atoms with Gasteiger partial charge < -0.3 is 31.3 Å². The predicted molar refractivity (Wildman–Crippen MR) is 145 cm³/mol. The number of aromatic nitrogens is 2. The van der Waals surface area contributed by atoms with Crippen LogP contribution in [0.25, 0.3) is 0 Å². The summed E-state index contributed by atoms with van der Waals surface area (Å²) in [5, 5.41) is 34.1. The van der Waals surface area contributed by atoms with E-state index in [9.17, 15) is 29.1 Å². The van der Waals surface area contributed by atoms with Gasteiger partial charge in [-0.15, -0.1) is 0 Å². The van der Waals surface area contributed by atoms with E-state index in [1.807, 2.05) is 41.7 Å². The summed E-state index contributed by atoms with van der Waals surface area (Å²) in [6.45, 7) is 2.42. The van der Waals surface area contributed by atoms with Gasteiger partial charge in [0.2, 0.25) is 5.91 Å². The van der Waals surface area contributed by atoms with Gasteiger partial charge in [-0.1, -0.05) is 12.1 Å². The van der Waals surface area contributed by atoms with Crippen molar-refractivity contribution in [2.45, 2.75) is 63.7 Å². The summed E-state index contributed by atoms with van der Waals surface area (Å²) in [4.78, 5) is 68.7. The number of urea groups is 1. The van der Waals surface area contributed by atoms with E-state index in [1.54, 1.807) is 12.4 Å². The maximum Gasteiger partial charge on any atom is 0.326 e. The Morgan fingerprint density at radius 1 is 0.756 bits per heavy atom. The molecule has 41 heavy (non-hydrogen) atoms. The van der Waals surface area contributed by atoms with Crippen LogP contribution in [0.15, 0.2) is 48.8 Å². The van der Waals surface area contributed by atoms with Crippen molar-refractivity contribution >= 4 is 29.8 Å². The second kappa shape index (κ2) is 17.9. The summed E-state index contributed by atoms with van der Waals surface area (Å²) in [6, 6.07) is 7.46. The van der Waals surface area contributed by atoms with Crippen LogP contribution < -0.4 is 16.0 Å². The molecule has 2 aromatic rings. The third-order valence-electron chi connectivity index (χ3n) is 5.96. The van der Waals surface area contributed by atoms with Gasteiger partial charge in [-0.05, 0) is 56.5 Å². The first-order valence-electron chi connectivity index (χ1n) is 13.2. The molecule has 0 aliphatic rings. The molecule has 0 aliphatic carbocycles. The number of pyridine rings is 2. The Bertz CT molecular complexity index is 1090. The number of nitrogens with one attached hydrogen (secondary N) is 3. The molecule has 0 saturated carbocycles. The van der Waals surface area contributed by atoms with Gasteiger partial charge in [0.25, 0.3) is 0 Å². The Hall–Kier alpha value is -4.59. The Labute approximate surface area is 237 Å². The van der Waals surface area contributed by atoms with Crippen molar-refractivity contribution in [1.82, 2.24) is 30.8 Å². The van der Waals surface area contributed by atoms with E-state index in [0.717, 1.165) is 24.4 Å². The second-order valence-electron chi connectivity index (χ2n) is 9.28. The number of carbonyl (C=O) groups is 5. The fourth-order valence-corrected chi connectivity index (χ4v) is 3.85. The molecule has 0 spiro atoms. The van der Waals surface area contributed by atoms with Crippen LogP contribution in [0.5, 0.6) is 0 Å². The van der Waals surface area contributed by atoms with Crippen LogP contribution in [0.4, 0.5) is 4.79 Å². The minimum absolute atomic E-state index is 0.176. The van der Waals surface area contributed by atoms with Gasteiger partial charge in [-0.3, -0.25) is 24.5 Å². The molecule has 14 heteroatoms. The van der Waals surface area contributed by atoms with Gasteiger partial charge >= 0.3 is 23.9 Å². The quantitative estimate of drug-likeness (QED) is 0.132. The van der Waals surface area contributed by atoms with Crippen molar-refractivity contribution in [2.24, 2.45) is 0 Å². The highest BCUT2D eigenvalue weighted by Gasteiger charge is 2.25. The lowest BCUT2D eigenvalue weighted by atomic mass is 10.1. The molecule has 0 saturated heterocycles. The van der Waals surface area contributed by atoms with Crippen molar-refractivity contribution in [3.8, 4) is 0 Å². The zero-order valence-electron chi connectivity index (χ0n) is 22.6. The number of carboxylic acids is 3. The monoisotopic (exact) mass is 572 g/mol. The molecule has 0 aromatic carbocycles. The van der Waals surface area contributed by atoms with Crippen LogP contribution in [0, 0.1) is 0 Å². The number of carboxylic acid groups (broad SMARTS) is 3. The van der Waals surface area contributed by atoms with E-state index in [1.165, 1.54) is 0 Å². The first-order valence-corrected chi connectivity index (χ1v) is 13.2. The van der Waals surface area contributed by atoms with Gasteiger partial charge in [-0.2, -0.15) is 0 Å². The highest BCUT2D eigenvalue weighted by Crippen LogP contribution is 2.08. The molecule has 0 radical (unpaired) electrons. The maximum absolute atomic E-state index is 12.3. The van der Waals surface area contributed by atoms with E-state index >= 15 is 0 Å². The Morgan fingerprint density at radius 3 is 1.76 bits per heavy atom. The summed E-state index contributed by atoms with van der Waals surface area (Å²) >= 11 is 0. The number of hydrogen-bond acceptors (Lipinski definition) is 8. The number of amides is 3. The Balaban J connectivity index is 1.74. The number of nitrogens with zero attached hydrogens (tertiary/aromatic N) is 3. The fourth-order valence-electron chi connectivity index (χ4n) is 3.85. The van der Waals surface area contributed by atoms with E-state index < -0.39 is 42.4 Å². The second-order valence-corrected chi connectivity index (χ2v) is 9.28. The van der Waals surface area contributed by atoms with Crippen molar-refractivity contribution in [3.05, 3.63) is 60.2 Å². The van der Waals surface area contributed by atoms with Gasteiger partial charge in [0.15, 0.2) is 0 Å². The summed E-state index contributed by atoms with van der Waals surface area (Å²) in [7, 11) is 0. The lowest BCUT2D eigenvalue weighted by Crippen LogP contribution is -2.51. The summed E-state index contributed by atoms with van der Waals surface area (Å²) < 4.78 is 0. The Kier molecular flexibility index (Phi) is 14.2. The number of rotatable bonds is 19. The standard InChI is InChI=1S/C27H36N6O8/c34-23(11-9-21(25(37)38)31-27(41)32-22(26(39)40)10-12-24(35)36)30-15-5-6-16-33(17-19-7-1-3-13-28-19)18-20-8-2-4-14-29-20/h1-4,7-8,13-14,21-22H,5-6,9-12,15-18H2,(H,30,34)(H,35,36)(H,37,38)(H,39,40)(H2,31,32,41)/t21-,22-/m0/s1. The van der Waals surface area contributed by atoms with Crippen LogP contribution in [0.3, 0.4) is 0 Å². The molecule has 2 heterocycles. The number of unbranched alkanes of at least 4 members (excludes halogenated alkanes) is 1. The zero-order valence-corrected chi connectivity index (χ0v) is 22.6. The summed E-state index contributed by atoms with van der Waals surface area (Å²) in [5.41, 5.74) is 1.87. The molecule has 14 nitrogen and oxygen atoms in total. The van der Waals surface area contributed by atoms with E-state index in [-0.39, 0.29) is 25.2 Å². The summed E-state index contributed by atoms with van der Waals surface area (Å²) in [6.07, 6.45) is 3.70. The fraction of sp³-hybridized carbons (Fsp3) is 0.444. The van der Waals surface area contributed by atoms with Crippen LogP contribution in [-0.4, -0.2) is 85.2 Å². The van der Waals surface area contributed by atoms with Crippen LogP contribution in [-0.2, 0) is 32.3 Å². The normalized spacial score (nSPS) is 12.2. The van der Waals surface area contributed by atoms with Crippen LogP contribution in [0.2, 0.25) is 0 Å². The molecular formula is C27H36N6O8. The molecule has 0 aliphatic heterocycles. The van der Waals surface area contributed by atoms with Crippen LogP contribution in [0.1, 0.15) is 49.9 Å². The lowest BCUT2D eigenvalue weighted by Gasteiger charge is -2.21. The van der Waals surface area contributed by atoms with Gasteiger partial charge in [0.1, 0.15) is 12.1 Å².